The third-order valence-electron chi connectivity index (χ3n) is 2.15. The third kappa shape index (κ3) is 4.04. The molecule has 0 amide bonds. The van der Waals surface area contributed by atoms with E-state index in [1.165, 1.54) is 0 Å². The molecule has 16 heavy (non-hydrogen) atoms. The number of carbonyl (C=O) groups excluding carboxylic acids is 1. The van der Waals surface area contributed by atoms with Crippen LogP contribution in [0.5, 0.6) is 0 Å². The minimum absolute atomic E-state index is 0.0540. The number of rotatable bonds is 7. The molecule has 0 saturated carbocycles. The van der Waals surface area contributed by atoms with Crippen LogP contribution in [0.15, 0.2) is 6.07 Å². The Bertz CT molecular complexity index is 344. The Hall–Kier alpha value is -0.710. The lowest BCUT2D eigenvalue weighted by atomic mass is 10.2. The van der Waals surface area contributed by atoms with Crippen molar-refractivity contribution in [1.82, 2.24) is 0 Å². The average Bonchev–Trinajstić information content (AvgIpc) is 2.57. The second-order valence-electron chi connectivity index (χ2n) is 3.50. The standard InChI is InChI=1S/C12H18O3S/c1-4-14-5-6-15-8-12(13)11-7-9(2)16-10(11)3/h7H,4-6,8H2,1-3H3. The van der Waals surface area contributed by atoms with E-state index < -0.39 is 0 Å². The average molecular weight is 242 g/mol. The van der Waals surface area contributed by atoms with Crippen molar-refractivity contribution in [1.29, 1.82) is 0 Å². The minimum Gasteiger partial charge on any atom is -0.379 e. The fourth-order valence-electron chi connectivity index (χ4n) is 1.41. The van der Waals surface area contributed by atoms with Gasteiger partial charge in [-0.1, -0.05) is 0 Å². The van der Waals surface area contributed by atoms with Crippen molar-refractivity contribution in [2.75, 3.05) is 26.4 Å². The molecule has 0 unspecified atom stereocenters. The van der Waals surface area contributed by atoms with Gasteiger partial charge in [-0.05, 0) is 26.8 Å². The van der Waals surface area contributed by atoms with Crippen LogP contribution < -0.4 is 0 Å². The van der Waals surface area contributed by atoms with Crippen molar-refractivity contribution in [3.63, 3.8) is 0 Å². The second kappa shape index (κ2) is 6.78. The predicted octanol–water partition coefficient (Wildman–Crippen LogP) is 2.60. The smallest absolute Gasteiger partial charge is 0.189 e. The zero-order valence-electron chi connectivity index (χ0n) is 10.0. The maximum absolute atomic E-state index is 11.8. The molecule has 4 heteroatoms. The van der Waals surface area contributed by atoms with E-state index >= 15 is 0 Å². The van der Waals surface area contributed by atoms with Crippen molar-refractivity contribution >= 4 is 17.1 Å². The fourth-order valence-corrected chi connectivity index (χ4v) is 2.35. The number of hydrogen-bond acceptors (Lipinski definition) is 4. The minimum atomic E-state index is 0.0540. The summed E-state index contributed by atoms with van der Waals surface area (Å²) in [6, 6.07) is 1.92. The van der Waals surface area contributed by atoms with Gasteiger partial charge >= 0.3 is 0 Å². The van der Waals surface area contributed by atoms with Gasteiger partial charge in [0.15, 0.2) is 5.78 Å². The molecule has 90 valence electrons. The van der Waals surface area contributed by atoms with Gasteiger partial charge in [0.1, 0.15) is 6.61 Å². The molecule has 0 aliphatic rings. The van der Waals surface area contributed by atoms with Gasteiger partial charge in [-0.25, -0.2) is 0 Å². The van der Waals surface area contributed by atoms with Crippen molar-refractivity contribution in [2.45, 2.75) is 20.8 Å². The molecular weight excluding hydrogens is 224 g/mol. The Kier molecular flexibility index (Phi) is 5.66. The van der Waals surface area contributed by atoms with Crippen LogP contribution in [-0.4, -0.2) is 32.2 Å². The number of aryl methyl sites for hydroxylation is 2. The van der Waals surface area contributed by atoms with E-state index in [4.69, 9.17) is 9.47 Å². The van der Waals surface area contributed by atoms with Crippen LogP contribution in [0, 0.1) is 13.8 Å². The molecule has 1 rings (SSSR count). The molecule has 1 aromatic rings. The molecule has 0 aliphatic heterocycles. The molecule has 0 N–H and O–H groups in total. The van der Waals surface area contributed by atoms with Gasteiger partial charge in [0.25, 0.3) is 0 Å². The van der Waals surface area contributed by atoms with Gasteiger partial charge in [0.2, 0.25) is 0 Å². The van der Waals surface area contributed by atoms with Crippen LogP contribution in [0.3, 0.4) is 0 Å². The highest BCUT2D eigenvalue weighted by Gasteiger charge is 2.11. The fraction of sp³-hybridized carbons (Fsp3) is 0.583. The Morgan fingerprint density at radius 2 is 2.00 bits per heavy atom. The summed E-state index contributed by atoms with van der Waals surface area (Å²) in [6.45, 7) is 7.75. The van der Waals surface area contributed by atoms with E-state index in [0.717, 1.165) is 15.3 Å². The first kappa shape index (κ1) is 13.4. The Labute approximate surface area is 100 Å². The molecule has 0 atom stereocenters. The van der Waals surface area contributed by atoms with Gasteiger partial charge in [0.05, 0.1) is 13.2 Å². The molecule has 3 nitrogen and oxygen atoms in total. The molecule has 0 aromatic carbocycles. The van der Waals surface area contributed by atoms with Crippen molar-refractivity contribution in [3.8, 4) is 0 Å². The topological polar surface area (TPSA) is 35.5 Å². The molecule has 0 radical (unpaired) electrons. The molecule has 0 spiro atoms. The second-order valence-corrected chi connectivity index (χ2v) is 4.96. The van der Waals surface area contributed by atoms with Gasteiger partial charge < -0.3 is 9.47 Å². The van der Waals surface area contributed by atoms with Gasteiger partial charge in [0, 0.05) is 21.9 Å². The van der Waals surface area contributed by atoms with Crippen molar-refractivity contribution in [3.05, 3.63) is 21.4 Å². The molecule has 0 aliphatic carbocycles. The van der Waals surface area contributed by atoms with Gasteiger partial charge in [-0.2, -0.15) is 0 Å². The highest BCUT2D eigenvalue weighted by molar-refractivity contribution is 7.12. The Morgan fingerprint density at radius 1 is 1.31 bits per heavy atom. The van der Waals surface area contributed by atoms with Crippen LogP contribution in [0.25, 0.3) is 0 Å². The number of ether oxygens (including phenoxy) is 2. The number of hydrogen-bond donors (Lipinski definition) is 0. The molecule has 1 aromatic heterocycles. The van der Waals surface area contributed by atoms with E-state index in [1.54, 1.807) is 11.3 Å². The number of carbonyl (C=O) groups is 1. The zero-order chi connectivity index (χ0) is 12.0. The summed E-state index contributed by atoms with van der Waals surface area (Å²) >= 11 is 1.64. The summed E-state index contributed by atoms with van der Waals surface area (Å²) in [5, 5.41) is 0. The summed E-state index contributed by atoms with van der Waals surface area (Å²) in [5.74, 6) is 0.0540. The molecule has 1 heterocycles. The summed E-state index contributed by atoms with van der Waals surface area (Å²) in [7, 11) is 0. The Morgan fingerprint density at radius 3 is 2.56 bits per heavy atom. The van der Waals surface area contributed by atoms with Crippen LogP contribution in [0.1, 0.15) is 27.0 Å². The first-order valence-electron chi connectivity index (χ1n) is 5.41. The summed E-state index contributed by atoms with van der Waals surface area (Å²) in [6.07, 6.45) is 0. The van der Waals surface area contributed by atoms with Gasteiger partial charge in [-0.15, -0.1) is 11.3 Å². The monoisotopic (exact) mass is 242 g/mol. The highest BCUT2D eigenvalue weighted by Crippen LogP contribution is 2.20. The highest BCUT2D eigenvalue weighted by atomic mass is 32.1. The lowest BCUT2D eigenvalue weighted by Gasteiger charge is -2.03. The molecule has 0 bridgehead atoms. The van der Waals surface area contributed by atoms with Gasteiger partial charge in [-0.3, -0.25) is 4.79 Å². The number of ketones is 1. The first-order valence-corrected chi connectivity index (χ1v) is 6.22. The van der Waals surface area contributed by atoms with E-state index in [-0.39, 0.29) is 12.4 Å². The Balaban J connectivity index is 2.33. The maximum atomic E-state index is 11.8. The van der Waals surface area contributed by atoms with E-state index in [2.05, 4.69) is 0 Å². The maximum Gasteiger partial charge on any atom is 0.189 e. The summed E-state index contributed by atoms with van der Waals surface area (Å²) in [4.78, 5) is 14.0. The lowest BCUT2D eigenvalue weighted by Crippen LogP contribution is -2.12. The van der Waals surface area contributed by atoms with Crippen LogP contribution in [0.4, 0.5) is 0 Å². The van der Waals surface area contributed by atoms with E-state index in [0.29, 0.717) is 19.8 Å². The predicted molar refractivity (Wildman–Crippen MR) is 65.4 cm³/mol. The van der Waals surface area contributed by atoms with Crippen LogP contribution >= 0.6 is 11.3 Å². The zero-order valence-corrected chi connectivity index (χ0v) is 10.9. The van der Waals surface area contributed by atoms with Crippen LogP contribution in [-0.2, 0) is 9.47 Å². The van der Waals surface area contributed by atoms with Crippen molar-refractivity contribution in [2.24, 2.45) is 0 Å². The van der Waals surface area contributed by atoms with Crippen LogP contribution in [0.2, 0.25) is 0 Å². The normalized spacial score (nSPS) is 10.7. The molecule has 0 fully saturated rings. The molecular formula is C12H18O3S. The molecule has 0 saturated heterocycles. The third-order valence-corrected chi connectivity index (χ3v) is 3.12. The number of Topliss-reactive ketones (excluding diaryl/α,β-unsaturated/α-hetero) is 1. The quantitative estimate of drug-likeness (QED) is 0.544. The summed E-state index contributed by atoms with van der Waals surface area (Å²) < 4.78 is 10.4. The SMILES string of the molecule is CCOCCOCC(=O)c1cc(C)sc1C. The van der Waals surface area contributed by atoms with E-state index in [1.807, 2.05) is 26.8 Å². The summed E-state index contributed by atoms with van der Waals surface area (Å²) in [5.41, 5.74) is 0.791. The first-order chi connectivity index (χ1) is 7.65. The largest absolute Gasteiger partial charge is 0.379 e. The van der Waals surface area contributed by atoms with E-state index in [9.17, 15) is 4.79 Å². The lowest BCUT2D eigenvalue weighted by molar-refractivity contribution is 0.0475. The van der Waals surface area contributed by atoms with Crippen molar-refractivity contribution < 1.29 is 14.3 Å². The number of thiophene rings is 1.